The summed E-state index contributed by atoms with van der Waals surface area (Å²) in [5.74, 6) is 0. The zero-order chi connectivity index (χ0) is 15.1. The minimum absolute atomic E-state index is 0.401. The third kappa shape index (κ3) is 4.79. The van der Waals surface area contributed by atoms with Gasteiger partial charge in [-0.15, -0.1) is 0 Å². The first-order chi connectivity index (χ1) is 8.31. The normalized spacial score (nSPS) is 40.3. The molecule has 12 heteroatoms. The molecule has 8 nitrogen and oxygen atoms in total. The lowest BCUT2D eigenvalue weighted by atomic mass is 10.4. The van der Waals surface area contributed by atoms with Gasteiger partial charge in [-0.25, -0.2) is 0 Å². The van der Waals surface area contributed by atoms with Crippen molar-refractivity contribution >= 4 is 35.2 Å². The first-order valence-corrected chi connectivity index (χ1v) is 14.6. The molecule has 0 aliphatic carbocycles. The second kappa shape index (κ2) is 5.39. The Morgan fingerprint density at radius 2 is 1.42 bits per heavy atom. The Balaban J connectivity index is 3.11. The predicted molar refractivity (Wildman–Crippen MR) is 73.5 cm³/mol. The van der Waals surface area contributed by atoms with Crippen LogP contribution in [0.2, 0.25) is 25.2 Å². The van der Waals surface area contributed by atoms with Crippen molar-refractivity contribution in [1.82, 2.24) is 0 Å². The zero-order valence-corrected chi connectivity index (χ0v) is 15.7. The van der Waals surface area contributed by atoms with E-state index in [-0.39, 0.29) is 0 Å². The molecular weight excluding hydrogens is 324 g/mol. The summed E-state index contributed by atoms with van der Waals surface area (Å²) in [5, 5.41) is 0. The molecule has 4 N–H and O–H groups in total. The fourth-order valence-corrected chi connectivity index (χ4v) is 16.0. The van der Waals surface area contributed by atoms with Crippen LogP contribution in [-0.2, 0) is 16.5 Å². The molecule has 0 aromatic carbocycles. The molecule has 0 bridgehead atoms. The molecule has 3 unspecified atom stereocenters. The summed E-state index contributed by atoms with van der Waals surface area (Å²) in [5.41, 5.74) is -0.401. The van der Waals surface area contributed by atoms with Crippen LogP contribution in [0.4, 0.5) is 0 Å². The highest BCUT2D eigenvalue weighted by molar-refractivity contribution is 6.87. The summed E-state index contributed by atoms with van der Waals surface area (Å²) >= 11 is 0. The second-order valence-corrected chi connectivity index (χ2v) is 16.4. The van der Waals surface area contributed by atoms with Crippen molar-refractivity contribution in [2.24, 2.45) is 0 Å². The SMILES string of the molecule is CCC(C)[Si]1(O)O[Si](C)(C)O[Si](C)(O)O[Si](O)(O)O1. The molecule has 0 aromatic rings. The Morgan fingerprint density at radius 3 is 1.89 bits per heavy atom. The van der Waals surface area contributed by atoms with Crippen molar-refractivity contribution in [3.63, 3.8) is 0 Å². The van der Waals surface area contributed by atoms with Crippen LogP contribution in [0.5, 0.6) is 0 Å². The molecule has 3 atom stereocenters. The smallest absolute Gasteiger partial charge is 0.394 e. The first-order valence-electron chi connectivity index (χ1n) is 6.01. The standard InChI is InChI=1S/C7H22O8Si4/c1-6-7(2)18(9)13-16(3,4)12-17(5,8)14-19(10,11)15-18/h7-11H,6H2,1-5H3. The van der Waals surface area contributed by atoms with E-state index in [4.69, 9.17) is 16.5 Å². The first kappa shape index (κ1) is 17.6. The van der Waals surface area contributed by atoms with Crippen LogP contribution in [0.15, 0.2) is 0 Å². The van der Waals surface area contributed by atoms with Crippen molar-refractivity contribution in [2.45, 2.75) is 45.5 Å². The zero-order valence-electron chi connectivity index (χ0n) is 11.7. The molecule has 0 spiro atoms. The van der Waals surface area contributed by atoms with E-state index in [1.807, 2.05) is 6.92 Å². The minimum Gasteiger partial charge on any atom is -0.394 e. The van der Waals surface area contributed by atoms with Gasteiger partial charge in [-0.05, 0) is 19.5 Å². The van der Waals surface area contributed by atoms with E-state index in [2.05, 4.69) is 0 Å². The third-order valence-corrected chi connectivity index (χ3v) is 15.7. The molecule has 0 amide bonds. The van der Waals surface area contributed by atoms with Crippen LogP contribution in [-0.4, -0.2) is 54.4 Å². The van der Waals surface area contributed by atoms with Gasteiger partial charge in [0, 0.05) is 12.1 Å². The lowest BCUT2D eigenvalue weighted by Gasteiger charge is -2.43. The minimum atomic E-state index is -4.69. The van der Waals surface area contributed by atoms with E-state index >= 15 is 0 Å². The van der Waals surface area contributed by atoms with E-state index < -0.39 is 40.8 Å². The van der Waals surface area contributed by atoms with E-state index in [0.29, 0.717) is 6.42 Å². The second-order valence-electron chi connectivity index (χ2n) is 5.19. The molecule has 1 saturated heterocycles. The maximum atomic E-state index is 10.5. The Kier molecular flexibility index (Phi) is 4.99. The summed E-state index contributed by atoms with van der Waals surface area (Å²) in [6.07, 6.45) is 0.533. The number of rotatable bonds is 2. The topological polar surface area (TPSA) is 118 Å². The monoisotopic (exact) mass is 346 g/mol. The number of hydrogen-bond donors (Lipinski definition) is 4. The van der Waals surface area contributed by atoms with Gasteiger partial charge in [-0.2, -0.15) is 0 Å². The van der Waals surface area contributed by atoms with Gasteiger partial charge in [0.05, 0.1) is 0 Å². The third-order valence-electron chi connectivity index (χ3n) is 2.66. The van der Waals surface area contributed by atoms with E-state index in [0.717, 1.165) is 0 Å². The van der Waals surface area contributed by atoms with E-state index in [1.54, 1.807) is 20.0 Å². The highest BCUT2D eigenvalue weighted by atomic mass is 28.6. The van der Waals surface area contributed by atoms with Crippen molar-refractivity contribution in [1.29, 1.82) is 0 Å². The average molecular weight is 347 g/mol. The molecule has 1 heterocycles. The quantitative estimate of drug-likeness (QED) is 0.493. The highest BCUT2D eigenvalue weighted by Crippen LogP contribution is 2.33. The Morgan fingerprint density at radius 1 is 0.895 bits per heavy atom. The average Bonchev–Trinajstić information content (AvgIpc) is 2.07. The van der Waals surface area contributed by atoms with Gasteiger partial charge in [0.2, 0.25) is 0 Å². The Bertz CT molecular complexity index is 313. The van der Waals surface area contributed by atoms with E-state index in [9.17, 15) is 19.2 Å². The van der Waals surface area contributed by atoms with Crippen molar-refractivity contribution in [3.8, 4) is 0 Å². The molecule has 0 radical (unpaired) electrons. The summed E-state index contributed by atoms with van der Waals surface area (Å²) in [6.45, 7) is 8.02. The van der Waals surface area contributed by atoms with Crippen molar-refractivity contribution < 1.29 is 35.6 Å². The van der Waals surface area contributed by atoms with Crippen molar-refractivity contribution in [3.05, 3.63) is 0 Å². The van der Waals surface area contributed by atoms with Gasteiger partial charge >= 0.3 is 35.2 Å². The molecule has 0 saturated carbocycles. The van der Waals surface area contributed by atoms with Crippen LogP contribution in [0.1, 0.15) is 20.3 Å². The molecule has 1 aliphatic heterocycles. The fraction of sp³-hybridized carbons (Fsp3) is 1.00. The summed E-state index contributed by atoms with van der Waals surface area (Å²) in [6, 6.07) is 0. The van der Waals surface area contributed by atoms with Gasteiger partial charge in [0.25, 0.3) is 0 Å². The summed E-state index contributed by atoms with van der Waals surface area (Å²) in [7, 11) is -15.2. The van der Waals surface area contributed by atoms with Crippen molar-refractivity contribution in [2.75, 3.05) is 0 Å². The maximum Gasteiger partial charge on any atom is 0.659 e. The lowest BCUT2D eigenvalue weighted by molar-refractivity contribution is 0.0432. The molecule has 114 valence electrons. The molecule has 1 fully saturated rings. The fourth-order valence-electron chi connectivity index (χ4n) is 1.79. The van der Waals surface area contributed by atoms with Crippen LogP contribution >= 0.6 is 0 Å². The molecule has 1 rings (SSSR count). The lowest BCUT2D eigenvalue weighted by Crippen LogP contribution is -2.70. The molecule has 0 aromatic heterocycles. The molecule has 19 heavy (non-hydrogen) atoms. The van der Waals surface area contributed by atoms with Gasteiger partial charge in [0.15, 0.2) is 0 Å². The van der Waals surface area contributed by atoms with Crippen LogP contribution in [0.3, 0.4) is 0 Å². The van der Waals surface area contributed by atoms with Gasteiger partial charge in [-0.1, -0.05) is 13.8 Å². The van der Waals surface area contributed by atoms with E-state index in [1.165, 1.54) is 6.55 Å². The Labute approximate surface area is 117 Å². The predicted octanol–water partition coefficient (Wildman–Crippen LogP) is -0.519. The summed E-state index contributed by atoms with van der Waals surface area (Å²) < 4.78 is 20.8. The molecular formula is C7H22O8Si4. The maximum absolute atomic E-state index is 10.5. The van der Waals surface area contributed by atoms with Crippen LogP contribution in [0.25, 0.3) is 0 Å². The van der Waals surface area contributed by atoms with Crippen LogP contribution in [0, 0.1) is 0 Å². The Hall–Kier alpha value is 0.548. The highest BCUT2D eigenvalue weighted by Gasteiger charge is 2.62. The largest absolute Gasteiger partial charge is 0.659 e. The van der Waals surface area contributed by atoms with Gasteiger partial charge in [0.1, 0.15) is 0 Å². The summed E-state index contributed by atoms with van der Waals surface area (Å²) in [4.78, 5) is 39.9. The number of hydrogen-bond acceptors (Lipinski definition) is 8. The molecule has 1 aliphatic rings. The van der Waals surface area contributed by atoms with Gasteiger partial charge < -0.3 is 35.6 Å². The van der Waals surface area contributed by atoms with Gasteiger partial charge in [-0.3, -0.25) is 0 Å². The van der Waals surface area contributed by atoms with Crippen LogP contribution < -0.4 is 0 Å².